The number of hydrogen-bond donors (Lipinski definition) is 2. The van der Waals surface area contributed by atoms with Gasteiger partial charge in [-0.2, -0.15) is 5.10 Å². The van der Waals surface area contributed by atoms with E-state index in [2.05, 4.69) is 5.10 Å². The molecule has 1 aromatic carbocycles. The molecule has 2 N–H and O–H groups in total. The SMILES string of the molecule is Cc1cccc(C)c1-n1cc(C(=O)O)c(C(=O)O)n1. The number of carbonyl (C=O) groups is 2. The number of carboxylic acid groups (broad SMARTS) is 2. The van der Waals surface area contributed by atoms with Gasteiger partial charge in [0.05, 0.1) is 5.69 Å². The predicted octanol–water partition coefficient (Wildman–Crippen LogP) is 1.89. The van der Waals surface area contributed by atoms with Crippen LogP contribution in [0.4, 0.5) is 0 Å². The van der Waals surface area contributed by atoms with Gasteiger partial charge in [-0.25, -0.2) is 14.3 Å². The first kappa shape index (κ1) is 12.8. The molecule has 2 rings (SSSR count). The maximum Gasteiger partial charge on any atom is 0.357 e. The van der Waals surface area contributed by atoms with Crippen LogP contribution in [0.5, 0.6) is 0 Å². The Balaban J connectivity index is 2.68. The maximum absolute atomic E-state index is 11.0. The summed E-state index contributed by atoms with van der Waals surface area (Å²) in [5.74, 6) is -2.67. The average molecular weight is 260 g/mol. The van der Waals surface area contributed by atoms with Crippen LogP contribution < -0.4 is 0 Å². The highest BCUT2D eigenvalue weighted by atomic mass is 16.4. The molecule has 98 valence electrons. The van der Waals surface area contributed by atoms with Gasteiger partial charge in [0.1, 0.15) is 5.56 Å². The van der Waals surface area contributed by atoms with E-state index in [1.54, 1.807) is 0 Å². The van der Waals surface area contributed by atoms with Gasteiger partial charge in [0.25, 0.3) is 0 Å². The average Bonchev–Trinajstić information content (AvgIpc) is 2.73. The summed E-state index contributed by atoms with van der Waals surface area (Å²) >= 11 is 0. The molecular formula is C13H12N2O4. The summed E-state index contributed by atoms with van der Waals surface area (Å²) in [6, 6.07) is 5.57. The van der Waals surface area contributed by atoms with Crippen LogP contribution in [-0.2, 0) is 0 Å². The normalized spacial score (nSPS) is 10.4. The molecule has 0 bridgehead atoms. The van der Waals surface area contributed by atoms with E-state index in [4.69, 9.17) is 10.2 Å². The van der Waals surface area contributed by atoms with Crippen molar-refractivity contribution >= 4 is 11.9 Å². The molecule has 6 heteroatoms. The quantitative estimate of drug-likeness (QED) is 0.879. The minimum Gasteiger partial charge on any atom is -0.478 e. The van der Waals surface area contributed by atoms with Gasteiger partial charge >= 0.3 is 11.9 Å². The Morgan fingerprint density at radius 3 is 2.11 bits per heavy atom. The van der Waals surface area contributed by atoms with Crippen molar-refractivity contribution in [1.29, 1.82) is 0 Å². The fourth-order valence-corrected chi connectivity index (χ4v) is 1.97. The molecule has 0 saturated heterocycles. The van der Waals surface area contributed by atoms with E-state index in [1.165, 1.54) is 10.9 Å². The van der Waals surface area contributed by atoms with Crippen LogP contribution in [-0.4, -0.2) is 31.9 Å². The largest absolute Gasteiger partial charge is 0.478 e. The van der Waals surface area contributed by atoms with Gasteiger partial charge in [0.15, 0.2) is 5.69 Å². The molecular weight excluding hydrogens is 248 g/mol. The third-order valence-electron chi connectivity index (χ3n) is 2.82. The highest BCUT2D eigenvalue weighted by molar-refractivity contribution is 6.00. The van der Waals surface area contributed by atoms with E-state index in [9.17, 15) is 9.59 Å². The highest BCUT2D eigenvalue weighted by Crippen LogP contribution is 2.20. The van der Waals surface area contributed by atoms with Crippen molar-refractivity contribution in [2.45, 2.75) is 13.8 Å². The lowest BCUT2D eigenvalue weighted by Crippen LogP contribution is -2.06. The Bertz CT molecular complexity index is 622. The molecule has 0 spiro atoms. The summed E-state index contributed by atoms with van der Waals surface area (Å²) in [6.45, 7) is 3.70. The van der Waals surface area contributed by atoms with Gasteiger partial charge in [0.2, 0.25) is 0 Å². The van der Waals surface area contributed by atoms with Crippen LogP contribution in [0.15, 0.2) is 24.4 Å². The van der Waals surface area contributed by atoms with E-state index < -0.39 is 17.6 Å². The highest BCUT2D eigenvalue weighted by Gasteiger charge is 2.22. The van der Waals surface area contributed by atoms with Crippen LogP contribution in [0, 0.1) is 13.8 Å². The Kier molecular flexibility index (Phi) is 3.08. The van der Waals surface area contributed by atoms with E-state index >= 15 is 0 Å². The molecule has 0 atom stereocenters. The number of benzene rings is 1. The summed E-state index contributed by atoms with van der Waals surface area (Å²) in [4.78, 5) is 22.0. The van der Waals surface area contributed by atoms with E-state index in [-0.39, 0.29) is 5.56 Å². The second-order valence-corrected chi connectivity index (χ2v) is 4.19. The van der Waals surface area contributed by atoms with E-state index in [1.807, 2.05) is 32.0 Å². The molecule has 0 fully saturated rings. The zero-order valence-corrected chi connectivity index (χ0v) is 10.4. The fourth-order valence-electron chi connectivity index (χ4n) is 1.97. The lowest BCUT2D eigenvalue weighted by Gasteiger charge is -2.08. The van der Waals surface area contributed by atoms with Crippen LogP contribution in [0.25, 0.3) is 5.69 Å². The Morgan fingerprint density at radius 2 is 1.68 bits per heavy atom. The van der Waals surface area contributed by atoms with Gasteiger partial charge < -0.3 is 10.2 Å². The molecule has 1 heterocycles. The number of aryl methyl sites for hydroxylation is 2. The minimum atomic E-state index is -1.36. The monoisotopic (exact) mass is 260 g/mol. The number of para-hydroxylation sites is 1. The third-order valence-corrected chi connectivity index (χ3v) is 2.82. The van der Waals surface area contributed by atoms with Crippen LogP contribution >= 0.6 is 0 Å². The molecule has 0 unspecified atom stereocenters. The van der Waals surface area contributed by atoms with Crippen LogP contribution in [0.2, 0.25) is 0 Å². The summed E-state index contributed by atoms with van der Waals surface area (Å²) in [7, 11) is 0. The topological polar surface area (TPSA) is 92.4 Å². The molecule has 2 aromatic rings. The van der Waals surface area contributed by atoms with E-state index in [0.29, 0.717) is 5.69 Å². The van der Waals surface area contributed by atoms with Gasteiger partial charge in [-0.05, 0) is 25.0 Å². The zero-order valence-electron chi connectivity index (χ0n) is 10.4. The molecule has 0 radical (unpaired) electrons. The summed E-state index contributed by atoms with van der Waals surface area (Å²) in [6.07, 6.45) is 1.22. The summed E-state index contributed by atoms with van der Waals surface area (Å²) < 4.78 is 1.30. The maximum atomic E-state index is 11.0. The first-order valence-corrected chi connectivity index (χ1v) is 5.54. The Labute approximate surface area is 108 Å². The molecule has 0 amide bonds. The predicted molar refractivity (Wildman–Crippen MR) is 67.0 cm³/mol. The number of carboxylic acids is 2. The first-order valence-electron chi connectivity index (χ1n) is 5.54. The van der Waals surface area contributed by atoms with E-state index in [0.717, 1.165) is 11.1 Å². The van der Waals surface area contributed by atoms with Crippen molar-refractivity contribution in [2.24, 2.45) is 0 Å². The zero-order chi connectivity index (χ0) is 14.2. The minimum absolute atomic E-state index is 0.324. The lowest BCUT2D eigenvalue weighted by atomic mass is 10.1. The Hall–Kier alpha value is -2.63. The standard InChI is InChI=1S/C13H12N2O4/c1-7-4-3-5-8(2)11(7)15-6-9(12(16)17)10(14-15)13(18)19/h3-6H,1-2H3,(H,16,17)(H,18,19). The number of aromatic nitrogens is 2. The fraction of sp³-hybridized carbons (Fsp3) is 0.154. The van der Waals surface area contributed by atoms with Gasteiger partial charge in [-0.15, -0.1) is 0 Å². The molecule has 19 heavy (non-hydrogen) atoms. The van der Waals surface area contributed by atoms with Crippen molar-refractivity contribution < 1.29 is 19.8 Å². The first-order chi connectivity index (χ1) is 8.91. The molecule has 6 nitrogen and oxygen atoms in total. The van der Waals surface area contributed by atoms with Crippen LogP contribution in [0.1, 0.15) is 32.0 Å². The molecule has 0 aliphatic carbocycles. The second-order valence-electron chi connectivity index (χ2n) is 4.19. The van der Waals surface area contributed by atoms with Gasteiger partial charge in [-0.3, -0.25) is 0 Å². The lowest BCUT2D eigenvalue weighted by molar-refractivity contribution is 0.0648. The van der Waals surface area contributed by atoms with Gasteiger partial charge in [0, 0.05) is 6.20 Å². The van der Waals surface area contributed by atoms with Crippen molar-refractivity contribution in [3.8, 4) is 5.69 Å². The molecule has 0 aliphatic rings. The number of nitrogens with zero attached hydrogens (tertiary/aromatic N) is 2. The smallest absolute Gasteiger partial charge is 0.357 e. The summed E-state index contributed by atoms with van der Waals surface area (Å²) in [5.41, 5.74) is 1.68. The number of hydrogen-bond acceptors (Lipinski definition) is 3. The van der Waals surface area contributed by atoms with Crippen molar-refractivity contribution in [3.05, 3.63) is 46.8 Å². The van der Waals surface area contributed by atoms with Crippen molar-refractivity contribution in [1.82, 2.24) is 9.78 Å². The molecule has 0 aliphatic heterocycles. The molecule has 1 aromatic heterocycles. The molecule has 0 saturated carbocycles. The van der Waals surface area contributed by atoms with Crippen LogP contribution in [0.3, 0.4) is 0 Å². The third kappa shape index (κ3) is 2.20. The number of rotatable bonds is 3. The van der Waals surface area contributed by atoms with Crippen molar-refractivity contribution in [2.75, 3.05) is 0 Å². The second kappa shape index (κ2) is 4.56. The Morgan fingerprint density at radius 1 is 1.11 bits per heavy atom. The van der Waals surface area contributed by atoms with Gasteiger partial charge in [-0.1, -0.05) is 18.2 Å². The summed E-state index contributed by atoms with van der Waals surface area (Å²) in [5, 5.41) is 21.8. The van der Waals surface area contributed by atoms with Crippen molar-refractivity contribution in [3.63, 3.8) is 0 Å². The number of aromatic carboxylic acids is 2.